The summed E-state index contributed by atoms with van der Waals surface area (Å²) >= 11 is 24.1. The predicted octanol–water partition coefficient (Wildman–Crippen LogP) is 4.52. The third-order valence-electron chi connectivity index (χ3n) is 3.27. The summed E-state index contributed by atoms with van der Waals surface area (Å²) in [7, 11) is 0. The number of halogens is 4. The van der Waals surface area contributed by atoms with Gasteiger partial charge in [-0.2, -0.15) is 0 Å². The first-order chi connectivity index (χ1) is 10.7. The van der Waals surface area contributed by atoms with Crippen LogP contribution < -0.4 is 11.1 Å². The molecule has 5 nitrogen and oxygen atoms in total. The van der Waals surface area contributed by atoms with E-state index in [0.29, 0.717) is 11.1 Å². The summed E-state index contributed by atoms with van der Waals surface area (Å²) in [6.07, 6.45) is 1.42. The van der Waals surface area contributed by atoms with E-state index in [9.17, 15) is 9.59 Å². The molecular formula is C14H12Cl4N2O3. The average Bonchev–Trinajstić information content (AvgIpc) is 2.47. The highest BCUT2D eigenvalue weighted by Gasteiger charge is 2.23. The summed E-state index contributed by atoms with van der Waals surface area (Å²) < 4.78 is 5.81. The molecule has 0 fully saturated rings. The van der Waals surface area contributed by atoms with Crippen molar-refractivity contribution in [2.45, 2.75) is 26.1 Å². The molecule has 0 aliphatic heterocycles. The van der Waals surface area contributed by atoms with Crippen LogP contribution in [0.4, 0.5) is 0 Å². The second-order valence-electron chi connectivity index (χ2n) is 4.81. The Morgan fingerprint density at radius 2 is 1.17 bits per heavy atom. The van der Waals surface area contributed by atoms with Gasteiger partial charge < -0.3 is 14.7 Å². The molecule has 9 heteroatoms. The molecule has 0 aliphatic carbocycles. The van der Waals surface area contributed by atoms with Gasteiger partial charge in [-0.25, -0.2) is 0 Å². The summed E-state index contributed by atoms with van der Waals surface area (Å²) in [6, 6.07) is 0. The summed E-state index contributed by atoms with van der Waals surface area (Å²) in [4.78, 5) is 28.1. The fourth-order valence-electron chi connectivity index (χ4n) is 2.18. The molecule has 0 saturated carbocycles. The Balaban J connectivity index is 2.37. The Morgan fingerprint density at radius 1 is 0.826 bits per heavy atom. The lowest BCUT2D eigenvalue weighted by Crippen LogP contribution is -2.16. The molecule has 0 aliphatic rings. The highest BCUT2D eigenvalue weighted by atomic mass is 35.5. The van der Waals surface area contributed by atoms with Crippen molar-refractivity contribution in [3.05, 3.63) is 64.3 Å². The van der Waals surface area contributed by atoms with Gasteiger partial charge in [0.1, 0.15) is 10.0 Å². The van der Waals surface area contributed by atoms with Crippen molar-refractivity contribution in [1.29, 1.82) is 0 Å². The summed E-state index contributed by atoms with van der Waals surface area (Å²) in [5.74, 6) is 0. The minimum Gasteiger partial charge on any atom is -0.366 e. The molecule has 2 heterocycles. The Morgan fingerprint density at radius 3 is 1.52 bits per heavy atom. The normalized spacial score (nSPS) is 13.8. The number of hydrogen-bond acceptors (Lipinski definition) is 3. The molecule has 0 aromatic carbocycles. The summed E-state index contributed by atoms with van der Waals surface area (Å²) in [5.41, 5.74) is -0.246. The van der Waals surface area contributed by atoms with Gasteiger partial charge in [-0.05, 0) is 13.8 Å². The van der Waals surface area contributed by atoms with Gasteiger partial charge >= 0.3 is 0 Å². The molecule has 23 heavy (non-hydrogen) atoms. The first-order valence-corrected chi connectivity index (χ1v) is 8.03. The van der Waals surface area contributed by atoms with E-state index >= 15 is 0 Å². The van der Waals surface area contributed by atoms with Gasteiger partial charge in [-0.3, -0.25) is 9.59 Å². The zero-order valence-corrected chi connectivity index (χ0v) is 15.1. The molecule has 2 N–H and O–H groups in total. The number of rotatable bonds is 4. The molecule has 0 bridgehead atoms. The molecule has 2 aromatic heterocycles. The molecule has 0 radical (unpaired) electrons. The first-order valence-electron chi connectivity index (χ1n) is 6.52. The smallest absolute Gasteiger partial charge is 0.267 e. The summed E-state index contributed by atoms with van der Waals surface area (Å²) in [5, 5.41) is 0.412. The van der Waals surface area contributed by atoms with Gasteiger partial charge in [0.2, 0.25) is 0 Å². The van der Waals surface area contributed by atoms with Crippen molar-refractivity contribution in [2.24, 2.45) is 0 Å². The van der Waals surface area contributed by atoms with Crippen LogP contribution in [0.2, 0.25) is 20.1 Å². The maximum absolute atomic E-state index is 11.6. The molecule has 0 spiro atoms. The van der Waals surface area contributed by atoms with E-state index in [1.165, 1.54) is 12.4 Å². The van der Waals surface area contributed by atoms with Crippen molar-refractivity contribution in [1.82, 2.24) is 9.97 Å². The number of aromatic nitrogens is 2. The molecular weight excluding hydrogens is 386 g/mol. The number of aromatic amines is 2. The van der Waals surface area contributed by atoms with E-state index in [-0.39, 0.29) is 20.1 Å². The number of pyridine rings is 2. The molecule has 0 amide bonds. The number of H-pyrrole nitrogens is 2. The van der Waals surface area contributed by atoms with E-state index in [4.69, 9.17) is 51.1 Å². The fraction of sp³-hybridized carbons (Fsp3) is 0.286. The predicted molar refractivity (Wildman–Crippen MR) is 92.1 cm³/mol. The number of hydrogen-bond donors (Lipinski definition) is 2. The van der Waals surface area contributed by atoms with Crippen molar-refractivity contribution < 1.29 is 4.74 Å². The quantitative estimate of drug-likeness (QED) is 0.796. The van der Waals surface area contributed by atoms with Crippen LogP contribution in [0.15, 0.2) is 22.0 Å². The van der Waals surface area contributed by atoms with Crippen LogP contribution in [-0.2, 0) is 4.74 Å². The SMILES string of the molecule is CC(OC(C)c1c(Cl)c[nH]c(=O)c1Cl)c1c(Cl)c[nH]c(=O)c1Cl. The van der Waals surface area contributed by atoms with E-state index in [1.807, 2.05) is 0 Å². The Labute approximate surface area is 151 Å². The van der Waals surface area contributed by atoms with Gasteiger partial charge in [-0.1, -0.05) is 46.4 Å². The Hall–Kier alpha value is -0.980. The first kappa shape index (κ1) is 18.4. The van der Waals surface area contributed by atoms with Crippen LogP contribution in [0.1, 0.15) is 37.2 Å². The van der Waals surface area contributed by atoms with Gasteiger partial charge in [0, 0.05) is 23.5 Å². The lowest BCUT2D eigenvalue weighted by atomic mass is 10.1. The molecule has 2 unspecified atom stereocenters. The van der Waals surface area contributed by atoms with Crippen molar-refractivity contribution in [3.63, 3.8) is 0 Å². The van der Waals surface area contributed by atoms with E-state index in [1.54, 1.807) is 13.8 Å². The molecule has 124 valence electrons. The van der Waals surface area contributed by atoms with Crippen LogP contribution >= 0.6 is 46.4 Å². The largest absolute Gasteiger partial charge is 0.366 e. The third kappa shape index (κ3) is 3.75. The number of ether oxygens (including phenoxy) is 1. The van der Waals surface area contributed by atoms with Crippen LogP contribution in [0, 0.1) is 0 Å². The molecule has 2 atom stereocenters. The summed E-state index contributed by atoms with van der Waals surface area (Å²) in [6.45, 7) is 3.36. The minimum absolute atomic E-state index is 0.0553. The molecule has 2 rings (SSSR count). The second kappa shape index (κ2) is 7.28. The highest BCUT2D eigenvalue weighted by Crippen LogP contribution is 2.36. The van der Waals surface area contributed by atoms with Crippen LogP contribution in [0.3, 0.4) is 0 Å². The van der Waals surface area contributed by atoms with Crippen molar-refractivity contribution >= 4 is 46.4 Å². The van der Waals surface area contributed by atoms with Gasteiger partial charge in [-0.15, -0.1) is 0 Å². The lowest BCUT2D eigenvalue weighted by molar-refractivity contribution is 0.00591. The van der Waals surface area contributed by atoms with E-state index < -0.39 is 23.3 Å². The van der Waals surface area contributed by atoms with Crippen LogP contribution in [0.25, 0.3) is 0 Å². The molecule has 0 saturated heterocycles. The van der Waals surface area contributed by atoms with Gasteiger partial charge in [0.15, 0.2) is 0 Å². The zero-order chi connectivity index (χ0) is 17.3. The second-order valence-corrected chi connectivity index (χ2v) is 6.38. The maximum atomic E-state index is 11.6. The maximum Gasteiger partial charge on any atom is 0.267 e. The van der Waals surface area contributed by atoms with Crippen LogP contribution in [-0.4, -0.2) is 9.97 Å². The fourth-order valence-corrected chi connectivity index (χ4v) is 3.50. The van der Waals surface area contributed by atoms with E-state index in [0.717, 1.165) is 0 Å². The van der Waals surface area contributed by atoms with Crippen molar-refractivity contribution in [2.75, 3.05) is 0 Å². The van der Waals surface area contributed by atoms with E-state index in [2.05, 4.69) is 9.97 Å². The topological polar surface area (TPSA) is 75.0 Å². The Kier molecular flexibility index (Phi) is 5.81. The van der Waals surface area contributed by atoms with Gasteiger partial charge in [0.05, 0.1) is 22.3 Å². The average molecular weight is 398 g/mol. The zero-order valence-electron chi connectivity index (χ0n) is 12.0. The Bertz CT molecular complexity index is 777. The monoisotopic (exact) mass is 396 g/mol. The third-order valence-corrected chi connectivity index (χ3v) is 4.64. The minimum atomic E-state index is -0.626. The highest BCUT2D eigenvalue weighted by molar-refractivity contribution is 6.36. The number of nitrogens with one attached hydrogen (secondary N) is 2. The van der Waals surface area contributed by atoms with Crippen molar-refractivity contribution in [3.8, 4) is 0 Å². The standard InChI is InChI=1S/C14H12Cl4N2O3/c1-5(9-7(15)3-19-13(21)11(9)17)23-6(2)10-8(16)4-20-14(22)12(10)18/h3-6H,1-2H3,(H,19,21)(H,20,22). The lowest BCUT2D eigenvalue weighted by Gasteiger charge is -2.22. The molecule has 2 aromatic rings. The van der Waals surface area contributed by atoms with Gasteiger partial charge in [0.25, 0.3) is 11.1 Å². The van der Waals surface area contributed by atoms with Crippen LogP contribution in [0.5, 0.6) is 0 Å².